The van der Waals surface area contributed by atoms with Gasteiger partial charge in [-0.2, -0.15) is 38.2 Å². The van der Waals surface area contributed by atoms with E-state index in [4.69, 9.17) is 5.11 Å². The van der Waals surface area contributed by atoms with Crippen molar-refractivity contribution in [2.75, 3.05) is 24.6 Å². The third kappa shape index (κ3) is 16.5. The largest absolute Gasteiger partial charge is 0.481 e. The monoisotopic (exact) mass is 1340 g/mol. The van der Waals surface area contributed by atoms with Crippen LogP contribution in [0.5, 0.6) is 0 Å². The van der Waals surface area contributed by atoms with Crippen LogP contribution in [0, 0.1) is 0 Å². The minimum atomic E-state index is -5.36. The molecule has 35 heteroatoms. The van der Waals surface area contributed by atoms with Gasteiger partial charge in [0.1, 0.15) is 22.4 Å². The predicted octanol–water partition coefficient (Wildman–Crippen LogP) is 5.10. The number of aliphatic carboxylic acids is 4. The van der Waals surface area contributed by atoms with Gasteiger partial charge in [0, 0.05) is 77.5 Å². The number of allylic oxidation sites excluding steroid dienone is 6. The summed E-state index contributed by atoms with van der Waals surface area (Å²) in [6, 6.07) is 5.74. The van der Waals surface area contributed by atoms with Crippen molar-refractivity contribution in [3.8, 4) is 0 Å². The van der Waals surface area contributed by atoms with Gasteiger partial charge in [-0.05, 0) is 105 Å². The van der Waals surface area contributed by atoms with Gasteiger partial charge < -0.3 is 40.9 Å². The molecule has 4 aromatic carbocycles. The molecule has 0 radical (unpaired) electrons. The number of nitrogens with zero attached hydrogens (tertiary/aromatic N) is 2. The molecule has 0 bridgehead atoms. The van der Waals surface area contributed by atoms with Crippen molar-refractivity contribution in [2.45, 2.75) is 135 Å². The zero-order valence-corrected chi connectivity index (χ0v) is 52.1. The average molecular weight is 1340 g/mol. The third-order valence-corrected chi connectivity index (χ3v) is 19.2. The number of hydrogen-bond acceptors (Lipinski definition) is 18. The number of anilines is 1. The number of carboxylic acid groups (broad SMARTS) is 4. The zero-order valence-electron chi connectivity index (χ0n) is 48.0. The van der Waals surface area contributed by atoms with E-state index in [0.717, 1.165) is 12.1 Å². The number of carboxylic acids is 4. The SMILES string of the molecule is CCN1/C(=C/C=C/C=C/C2=[N+](CCCCCC(=O)NC(CCC(=O)N[C@@H](COP(=O)(O)OC(CCC(=O)O)C(=O)O)C(=O)O)C(=O)O)c3ccc4c(S(=O)(=O)O)cc(S(=O)(=O)O)cc4c3C2(C)C)C(C)(C)c2c1ccc1c(S(=O)(=O)O)cc(S(=O)(=O)O)cc21. The van der Waals surface area contributed by atoms with Gasteiger partial charge in [-0.1, -0.05) is 38.1 Å². The van der Waals surface area contributed by atoms with Crippen molar-refractivity contribution in [1.29, 1.82) is 0 Å². The minimum absolute atomic E-state index is 0.00289. The lowest BCUT2D eigenvalue weighted by molar-refractivity contribution is -0.438. The third-order valence-electron chi connectivity index (χ3n) is 14.8. The molecule has 0 aromatic heterocycles. The number of phosphoric acid groups is 1. The van der Waals surface area contributed by atoms with Gasteiger partial charge in [0.25, 0.3) is 40.5 Å². The summed E-state index contributed by atoms with van der Waals surface area (Å²) in [5, 5.41) is 41.8. The van der Waals surface area contributed by atoms with Crippen LogP contribution in [0.4, 0.5) is 11.4 Å². The normalized spacial score (nSPS) is 17.2. The van der Waals surface area contributed by atoms with Gasteiger partial charge in [-0.3, -0.25) is 41.6 Å². The molecule has 484 valence electrons. The first-order valence-electron chi connectivity index (χ1n) is 26.8. The lowest BCUT2D eigenvalue weighted by atomic mass is 9.79. The van der Waals surface area contributed by atoms with Crippen LogP contribution in [-0.4, -0.2) is 161 Å². The molecule has 3 unspecified atom stereocenters. The number of carbonyl (C=O) groups is 6. The number of carbonyl (C=O) groups excluding carboxylic acids is 2. The van der Waals surface area contributed by atoms with Gasteiger partial charge in [0.05, 0.1) is 21.8 Å². The van der Waals surface area contributed by atoms with Gasteiger partial charge in [-0.15, -0.1) is 0 Å². The highest BCUT2D eigenvalue weighted by molar-refractivity contribution is 7.87. The summed E-state index contributed by atoms with van der Waals surface area (Å²) in [4.78, 5) is 80.7. The highest BCUT2D eigenvalue weighted by atomic mass is 32.2. The highest BCUT2D eigenvalue weighted by Gasteiger charge is 2.47. The van der Waals surface area contributed by atoms with Crippen LogP contribution >= 0.6 is 7.82 Å². The summed E-state index contributed by atoms with van der Waals surface area (Å²) in [7, 11) is -25.5. The van der Waals surface area contributed by atoms with Gasteiger partial charge in [-0.25, -0.2) is 18.9 Å². The second kappa shape index (κ2) is 27.0. The second-order valence-electron chi connectivity index (χ2n) is 21.6. The Bertz CT molecular complexity index is 4230. The summed E-state index contributed by atoms with van der Waals surface area (Å²) in [6.07, 6.45) is 4.14. The molecule has 4 atom stereocenters. The van der Waals surface area contributed by atoms with Crippen LogP contribution in [0.2, 0.25) is 0 Å². The van der Waals surface area contributed by atoms with E-state index in [1.54, 1.807) is 56.4 Å². The Morgan fingerprint density at radius 3 is 1.69 bits per heavy atom. The van der Waals surface area contributed by atoms with E-state index in [-0.39, 0.29) is 40.9 Å². The predicted molar refractivity (Wildman–Crippen MR) is 314 cm³/mol. The van der Waals surface area contributed by atoms with E-state index in [0.29, 0.717) is 65.4 Å². The molecule has 89 heavy (non-hydrogen) atoms. The van der Waals surface area contributed by atoms with Crippen LogP contribution < -0.4 is 15.5 Å². The fraction of sp³-hybridized carbons (Fsp3) is 0.389. The van der Waals surface area contributed by atoms with Crippen molar-refractivity contribution in [1.82, 2.24) is 10.6 Å². The van der Waals surface area contributed by atoms with Crippen LogP contribution in [0.1, 0.15) is 97.1 Å². The second-order valence-corrected chi connectivity index (χ2v) is 28.6. The van der Waals surface area contributed by atoms with Crippen molar-refractivity contribution < 1.29 is 124 Å². The molecule has 0 spiro atoms. The van der Waals surface area contributed by atoms with Crippen LogP contribution in [0.25, 0.3) is 21.5 Å². The number of nitrogens with one attached hydrogen (secondary N) is 2. The molecule has 2 heterocycles. The van der Waals surface area contributed by atoms with Crippen molar-refractivity contribution in [3.63, 3.8) is 0 Å². The first-order valence-corrected chi connectivity index (χ1v) is 34.0. The fourth-order valence-electron chi connectivity index (χ4n) is 10.8. The summed E-state index contributed by atoms with van der Waals surface area (Å²) in [6.45, 7) is 8.31. The number of hydrogen-bond donors (Lipinski definition) is 11. The van der Waals surface area contributed by atoms with Gasteiger partial charge >= 0.3 is 31.7 Å². The molecule has 6 rings (SSSR count). The molecule has 2 aliphatic rings. The molecule has 4 aromatic rings. The first-order chi connectivity index (χ1) is 41.0. The zero-order chi connectivity index (χ0) is 66.7. The van der Waals surface area contributed by atoms with E-state index >= 15 is 0 Å². The quantitative estimate of drug-likeness (QED) is 0.0106. The number of benzene rings is 4. The molecular formula is C54H64N4O26PS4+. The standard InChI is InChI=1S/C54H63N4O26PS4/c1-6-57-38-19-16-32-34(25-30(86(71,72)73)27-41(32)88(77,78)79)48(38)53(2,3)43(57)13-9-7-10-14-44-54(4,5)49-35-26-31(87(74,75)76)28-42(89(80,81)82)33(35)17-20-39(49)58(44)24-12-8-11-15-45(59)55-36(50(63)64)18-22-46(60)56-37(51(65)66)29-83-85(69,70)84-40(52(67)68)21-23-47(61)62/h7,9-10,13-14,16-17,19-20,25-28,36-37,40H,6,8,11-12,15,18,21-24,29H2,1-5H3,(H10-,55,56,59,60,61,62,63,64,65,66,67,68,69,70,71,72,73,74,75,76,77,78,79,80,81,82)/p+1/t36?,37-,40?/m0/s1. The van der Waals surface area contributed by atoms with Crippen LogP contribution in [-0.2, 0) is 93.7 Å². The number of rotatable bonds is 30. The van der Waals surface area contributed by atoms with Gasteiger partial charge in [0.15, 0.2) is 17.9 Å². The Morgan fingerprint density at radius 1 is 0.629 bits per heavy atom. The molecular weight excluding hydrogens is 1280 g/mol. The maximum Gasteiger partial charge on any atom is 0.473 e. The number of fused-ring (bicyclic) bond motifs is 6. The van der Waals surface area contributed by atoms with E-state index in [2.05, 4.69) is 14.4 Å². The average Bonchev–Trinajstić information content (AvgIpc) is 1.64. The molecule has 30 nitrogen and oxygen atoms in total. The Hall–Kier alpha value is -7.34. The van der Waals surface area contributed by atoms with Crippen LogP contribution in [0.15, 0.2) is 104 Å². The van der Waals surface area contributed by atoms with E-state index in [1.807, 2.05) is 35.6 Å². The van der Waals surface area contributed by atoms with E-state index in [9.17, 15) is 105 Å². The summed E-state index contributed by atoms with van der Waals surface area (Å²) < 4.78 is 164. The first kappa shape index (κ1) is 70.7. The van der Waals surface area contributed by atoms with Crippen LogP contribution in [0.3, 0.4) is 0 Å². The van der Waals surface area contributed by atoms with E-state index in [1.165, 1.54) is 12.1 Å². The molecule has 2 amide bonds. The molecule has 0 aliphatic carbocycles. The number of unbranched alkanes of at least 4 members (excludes halogenated alkanes) is 2. The van der Waals surface area contributed by atoms with Crippen molar-refractivity contribution in [3.05, 3.63) is 95.7 Å². The lowest BCUT2D eigenvalue weighted by Gasteiger charge is -2.26. The van der Waals surface area contributed by atoms with Gasteiger partial charge in [0.2, 0.25) is 17.5 Å². The summed E-state index contributed by atoms with van der Waals surface area (Å²) in [5.74, 6) is -8.54. The van der Waals surface area contributed by atoms with Crippen molar-refractivity contribution in [2.24, 2.45) is 0 Å². The highest BCUT2D eigenvalue weighted by Crippen LogP contribution is 2.52. The topological polar surface area (TPSA) is 487 Å². The van der Waals surface area contributed by atoms with Crippen molar-refractivity contribution >= 4 is 123 Å². The lowest BCUT2D eigenvalue weighted by Crippen LogP contribution is -2.45. The Labute approximate surface area is 509 Å². The molecule has 0 fully saturated rings. The number of amides is 2. The maximum atomic E-state index is 13.1. The maximum absolute atomic E-state index is 13.1. The van der Waals surface area contributed by atoms with E-state index < -0.39 is 165 Å². The Morgan fingerprint density at radius 2 is 1.17 bits per heavy atom. The summed E-state index contributed by atoms with van der Waals surface area (Å²) in [5.41, 5.74) is 1.10. The number of likely N-dealkylation sites (N-methyl/N-ethyl adjacent to an activating group) is 1. The molecule has 11 N–H and O–H groups in total. The fourth-order valence-corrected chi connectivity index (χ4v) is 14.3. The number of phosphoric ester groups is 1. The minimum Gasteiger partial charge on any atom is -0.481 e. The Kier molecular flexibility index (Phi) is 21.5. The summed E-state index contributed by atoms with van der Waals surface area (Å²) >= 11 is 0. The Balaban J connectivity index is 1.21. The smallest absolute Gasteiger partial charge is 0.473 e. The molecule has 0 saturated carbocycles. The molecule has 2 aliphatic heterocycles. The molecule has 0 saturated heterocycles.